The Morgan fingerprint density at radius 3 is 2.62 bits per heavy atom. The predicted molar refractivity (Wildman–Crippen MR) is 130 cm³/mol. The third-order valence-corrected chi connectivity index (χ3v) is 7.58. The number of aryl methyl sites for hydroxylation is 1. The van der Waals surface area contributed by atoms with E-state index in [1.54, 1.807) is 4.90 Å². The van der Waals surface area contributed by atoms with Gasteiger partial charge in [0.15, 0.2) is 0 Å². The second-order valence-electron chi connectivity index (χ2n) is 11.1. The van der Waals surface area contributed by atoms with E-state index in [1.165, 1.54) is 0 Å². The molecule has 0 saturated carbocycles. The third-order valence-electron chi connectivity index (χ3n) is 5.87. The van der Waals surface area contributed by atoms with E-state index in [0.717, 1.165) is 34.7 Å². The van der Waals surface area contributed by atoms with E-state index in [1.807, 2.05) is 31.6 Å². The van der Waals surface area contributed by atoms with Crippen LogP contribution in [0.15, 0.2) is 18.3 Å². The monoisotopic (exact) mass is 461 g/mol. The van der Waals surface area contributed by atoms with Crippen LogP contribution in [0.2, 0.25) is 25.7 Å². The molecule has 0 bridgehead atoms. The number of nitrogens with zero attached hydrogens (tertiary/aromatic N) is 3. The summed E-state index contributed by atoms with van der Waals surface area (Å²) in [4.78, 5) is 14.0. The molecule has 0 unspecified atom stereocenters. The summed E-state index contributed by atoms with van der Waals surface area (Å²) in [5, 5.41) is 16.5. The number of aliphatic hydroxyl groups is 1. The molecule has 2 atom stereocenters. The van der Waals surface area contributed by atoms with Crippen molar-refractivity contribution in [1.82, 2.24) is 14.7 Å². The van der Waals surface area contributed by atoms with Crippen LogP contribution >= 0.6 is 0 Å². The van der Waals surface area contributed by atoms with Gasteiger partial charge in [0.05, 0.1) is 24.4 Å². The standard InChI is InChI=1S/C24H39N3O4Si/c1-17-12-18-14-25-27(16-30-10-11-32(5,6)7)21(18)13-20(17)19-8-9-26(15-22(19)28)23(29)31-24(2,3)4/h12-14,19,22,28H,8-11,15-16H2,1-7H3/t19-,22+/m1/s1. The van der Waals surface area contributed by atoms with Crippen LogP contribution in [-0.4, -0.2) is 65.4 Å². The van der Waals surface area contributed by atoms with Gasteiger partial charge in [-0.25, -0.2) is 9.48 Å². The molecule has 32 heavy (non-hydrogen) atoms. The molecule has 1 aliphatic heterocycles. The quantitative estimate of drug-likeness (QED) is 0.497. The smallest absolute Gasteiger partial charge is 0.410 e. The summed E-state index contributed by atoms with van der Waals surface area (Å²) in [5.41, 5.74) is 2.71. The van der Waals surface area contributed by atoms with Crippen molar-refractivity contribution in [2.75, 3.05) is 19.7 Å². The zero-order chi connectivity index (χ0) is 23.7. The lowest BCUT2D eigenvalue weighted by Crippen LogP contribution is -2.47. The summed E-state index contributed by atoms with van der Waals surface area (Å²) < 4.78 is 13.3. The largest absolute Gasteiger partial charge is 0.444 e. The van der Waals surface area contributed by atoms with Gasteiger partial charge < -0.3 is 19.5 Å². The highest BCUT2D eigenvalue weighted by Crippen LogP contribution is 2.33. The molecule has 1 saturated heterocycles. The number of aliphatic hydroxyl groups excluding tert-OH is 1. The number of hydrogen-bond acceptors (Lipinski definition) is 5. The number of β-amino-alcohol motifs (C(OH)–C–C–N with tert-alkyl or cyclic N) is 1. The van der Waals surface area contributed by atoms with Crippen molar-refractivity contribution in [3.05, 3.63) is 29.5 Å². The SMILES string of the molecule is Cc1cc2cnn(COCC[Si](C)(C)C)c2cc1[C@H]1CCN(C(=O)OC(C)(C)C)C[C@@H]1O. The fourth-order valence-corrected chi connectivity index (χ4v) is 4.83. The first kappa shape index (κ1) is 24.7. The fourth-order valence-electron chi connectivity index (χ4n) is 4.07. The Bertz CT molecular complexity index is 945. The lowest BCUT2D eigenvalue weighted by atomic mass is 9.84. The molecule has 1 aromatic carbocycles. The number of ether oxygens (including phenoxy) is 2. The molecule has 0 radical (unpaired) electrons. The Balaban J connectivity index is 1.72. The maximum Gasteiger partial charge on any atom is 0.410 e. The van der Waals surface area contributed by atoms with Gasteiger partial charge in [0, 0.05) is 32.5 Å². The van der Waals surface area contributed by atoms with E-state index in [0.29, 0.717) is 19.7 Å². The third kappa shape index (κ3) is 6.33. The van der Waals surface area contributed by atoms with E-state index < -0.39 is 19.8 Å². The van der Waals surface area contributed by atoms with Crippen molar-refractivity contribution in [2.45, 2.75) is 84.2 Å². The number of rotatable bonds is 6. The molecular formula is C24H39N3O4Si. The van der Waals surface area contributed by atoms with Crippen LogP contribution in [0.5, 0.6) is 0 Å². The zero-order valence-corrected chi connectivity index (χ0v) is 21.6. The minimum absolute atomic E-state index is 0.0331. The van der Waals surface area contributed by atoms with Crippen LogP contribution in [0.3, 0.4) is 0 Å². The number of likely N-dealkylation sites (tertiary alicyclic amines) is 1. The molecule has 8 heteroatoms. The molecule has 1 aliphatic rings. The second-order valence-corrected chi connectivity index (χ2v) is 16.8. The molecule has 0 spiro atoms. The van der Waals surface area contributed by atoms with Gasteiger partial charge >= 0.3 is 6.09 Å². The molecule has 1 fully saturated rings. The van der Waals surface area contributed by atoms with E-state index >= 15 is 0 Å². The molecule has 7 nitrogen and oxygen atoms in total. The lowest BCUT2D eigenvalue weighted by molar-refractivity contribution is -0.00156. The number of hydrogen-bond donors (Lipinski definition) is 1. The van der Waals surface area contributed by atoms with Gasteiger partial charge in [-0.1, -0.05) is 19.6 Å². The molecule has 2 heterocycles. The number of amides is 1. The number of aromatic nitrogens is 2. The average molecular weight is 462 g/mol. The Morgan fingerprint density at radius 1 is 1.28 bits per heavy atom. The molecule has 178 valence electrons. The van der Waals surface area contributed by atoms with Crippen LogP contribution in [0.4, 0.5) is 4.79 Å². The van der Waals surface area contributed by atoms with Crippen LogP contribution in [0, 0.1) is 6.92 Å². The second kappa shape index (κ2) is 9.53. The first-order valence-electron chi connectivity index (χ1n) is 11.5. The van der Waals surface area contributed by atoms with Gasteiger partial charge in [-0.15, -0.1) is 0 Å². The number of benzene rings is 1. The van der Waals surface area contributed by atoms with Crippen molar-refractivity contribution < 1.29 is 19.4 Å². The normalized spacial score (nSPS) is 20.1. The predicted octanol–water partition coefficient (Wildman–Crippen LogP) is 4.74. The van der Waals surface area contributed by atoms with Gasteiger partial charge in [0.1, 0.15) is 12.3 Å². The summed E-state index contributed by atoms with van der Waals surface area (Å²) in [5.74, 6) is -0.0331. The number of carbonyl (C=O) groups is 1. The zero-order valence-electron chi connectivity index (χ0n) is 20.6. The maximum absolute atomic E-state index is 12.4. The van der Waals surface area contributed by atoms with E-state index in [-0.39, 0.29) is 18.6 Å². The first-order valence-corrected chi connectivity index (χ1v) is 15.2. The van der Waals surface area contributed by atoms with Gasteiger partial charge in [0.25, 0.3) is 0 Å². The Hall–Kier alpha value is -1.90. The molecule has 2 aromatic rings. The van der Waals surface area contributed by atoms with E-state index in [2.05, 4.69) is 43.8 Å². The molecule has 1 N–H and O–H groups in total. The minimum Gasteiger partial charge on any atom is -0.444 e. The van der Waals surface area contributed by atoms with Crippen LogP contribution in [0.1, 0.15) is 44.2 Å². The molecule has 3 rings (SSSR count). The van der Waals surface area contributed by atoms with Gasteiger partial charge in [-0.2, -0.15) is 5.10 Å². The van der Waals surface area contributed by atoms with Crippen molar-refractivity contribution >= 4 is 25.1 Å². The molecule has 1 aromatic heterocycles. The highest BCUT2D eigenvalue weighted by molar-refractivity contribution is 6.76. The van der Waals surface area contributed by atoms with Gasteiger partial charge in [0.2, 0.25) is 0 Å². The molecular weight excluding hydrogens is 422 g/mol. The summed E-state index contributed by atoms with van der Waals surface area (Å²) in [6.07, 6.45) is 1.55. The number of piperidine rings is 1. The van der Waals surface area contributed by atoms with Crippen molar-refractivity contribution in [3.8, 4) is 0 Å². The lowest BCUT2D eigenvalue weighted by Gasteiger charge is -2.37. The number of carbonyl (C=O) groups excluding carboxylic acids is 1. The van der Waals surface area contributed by atoms with Gasteiger partial charge in [-0.05, 0) is 63.4 Å². The van der Waals surface area contributed by atoms with E-state index in [9.17, 15) is 9.90 Å². The molecule has 0 aliphatic carbocycles. The van der Waals surface area contributed by atoms with E-state index in [4.69, 9.17) is 9.47 Å². The highest BCUT2D eigenvalue weighted by Gasteiger charge is 2.34. The first-order chi connectivity index (χ1) is 14.8. The summed E-state index contributed by atoms with van der Waals surface area (Å²) >= 11 is 0. The van der Waals surface area contributed by atoms with Crippen molar-refractivity contribution in [2.24, 2.45) is 0 Å². The van der Waals surface area contributed by atoms with Crippen LogP contribution in [-0.2, 0) is 16.2 Å². The highest BCUT2D eigenvalue weighted by atomic mass is 28.3. The Morgan fingerprint density at radius 2 is 2.00 bits per heavy atom. The maximum atomic E-state index is 12.4. The Labute approximate surface area is 192 Å². The Kier molecular flexibility index (Phi) is 7.37. The van der Waals surface area contributed by atoms with Crippen molar-refractivity contribution in [1.29, 1.82) is 0 Å². The van der Waals surface area contributed by atoms with Crippen molar-refractivity contribution in [3.63, 3.8) is 0 Å². The summed E-state index contributed by atoms with van der Waals surface area (Å²) in [7, 11) is -1.13. The summed E-state index contributed by atoms with van der Waals surface area (Å²) in [6, 6.07) is 5.39. The fraction of sp³-hybridized carbons (Fsp3) is 0.667. The van der Waals surface area contributed by atoms with Crippen LogP contribution < -0.4 is 0 Å². The summed E-state index contributed by atoms with van der Waals surface area (Å²) in [6.45, 7) is 16.7. The molecule has 1 amide bonds. The number of fused-ring (bicyclic) bond motifs is 1. The topological polar surface area (TPSA) is 76.8 Å². The minimum atomic E-state index is -1.13. The van der Waals surface area contributed by atoms with Crippen LogP contribution in [0.25, 0.3) is 10.9 Å². The average Bonchev–Trinajstić information content (AvgIpc) is 3.04. The van der Waals surface area contributed by atoms with Gasteiger partial charge in [-0.3, -0.25) is 0 Å².